The van der Waals surface area contributed by atoms with E-state index in [2.05, 4.69) is 50.6 Å². The average Bonchev–Trinajstić information content (AvgIpc) is 3.22. The number of hydrogen-bond acceptors (Lipinski definition) is 7. The van der Waals surface area contributed by atoms with Crippen molar-refractivity contribution in [3.63, 3.8) is 0 Å². The highest BCUT2D eigenvalue weighted by Gasteiger charge is 2.24. The Morgan fingerprint density at radius 3 is 2.71 bits per heavy atom. The van der Waals surface area contributed by atoms with E-state index < -0.39 is 0 Å². The van der Waals surface area contributed by atoms with Gasteiger partial charge in [0.15, 0.2) is 0 Å². The van der Waals surface area contributed by atoms with E-state index in [1.54, 1.807) is 0 Å². The number of morpholine rings is 1. The molecule has 0 spiro atoms. The summed E-state index contributed by atoms with van der Waals surface area (Å²) in [5, 5.41) is 19.0. The highest BCUT2D eigenvalue weighted by Crippen LogP contribution is 2.34. The molecule has 0 saturated carbocycles. The van der Waals surface area contributed by atoms with Gasteiger partial charge in [-0.25, -0.2) is 9.67 Å². The molecule has 1 aliphatic rings. The molecule has 0 aromatic carbocycles. The van der Waals surface area contributed by atoms with Crippen LogP contribution in [0.5, 0.6) is 0 Å². The zero-order valence-corrected chi connectivity index (χ0v) is 16.9. The summed E-state index contributed by atoms with van der Waals surface area (Å²) in [6.07, 6.45) is 0. The summed E-state index contributed by atoms with van der Waals surface area (Å²) in [6.45, 7) is 10.3. The van der Waals surface area contributed by atoms with Gasteiger partial charge in [-0.2, -0.15) is 5.10 Å². The fourth-order valence-corrected chi connectivity index (χ4v) is 3.62. The second-order valence-electron chi connectivity index (χ2n) is 7.31. The van der Waals surface area contributed by atoms with Crippen molar-refractivity contribution >= 4 is 17.5 Å². The molecule has 0 bridgehead atoms. The highest BCUT2D eigenvalue weighted by atomic mass is 16.5. The number of pyridine rings is 1. The SMILES string of the molecule is Cc1cc(Nc2nc(N3CCOC[C@H]3C)cc(-c3c(C)nnn3C)c2C)[nH]n1. The summed E-state index contributed by atoms with van der Waals surface area (Å²) < 4.78 is 7.42. The Labute approximate surface area is 164 Å². The van der Waals surface area contributed by atoms with Crippen molar-refractivity contribution in [1.82, 2.24) is 30.2 Å². The van der Waals surface area contributed by atoms with Gasteiger partial charge in [0.05, 0.1) is 36.3 Å². The Morgan fingerprint density at radius 1 is 1.25 bits per heavy atom. The fourth-order valence-electron chi connectivity index (χ4n) is 3.62. The molecule has 0 amide bonds. The zero-order chi connectivity index (χ0) is 19.8. The van der Waals surface area contributed by atoms with E-state index in [-0.39, 0.29) is 6.04 Å². The molecule has 1 fully saturated rings. The van der Waals surface area contributed by atoms with Crippen molar-refractivity contribution in [2.24, 2.45) is 7.05 Å². The van der Waals surface area contributed by atoms with Gasteiger partial charge in [0.1, 0.15) is 17.5 Å². The smallest absolute Gasteiger partial charge is 0.137 e. The van der Waals surface area contributed by atoms with Crippen LogP contribution in [0.25, 0.3) is 11.3 Å². The van der Waals surface area contributed by atoms with E-state index in [4.69, 9.17) is 9.72 Å². The molecule has 9 nitrogen and oxygen atoms in total. The molecule has 0 aliphatic carbocycles. The number of ether oxygens (including phenoxy) is 1. The van der Waals surface area contributed by atoms with E-state index in [9.17, 15) is 0 Å². The lowest BCUT2D eigenvalue weighted by Gasteiger charge is -2.35. The van der Waals surface area contributed by atoms with Gasteiger partial charge in [-0.1, -0.05) is 5.21 Å². The van der Waals surface area contributed by atoms with Crippen molar-refractivity contribution in [2.75, 3.05) is 30.0 Å². The maximum absolute atomic E-state index is 5.60. The number of H-pyrrole nitrogens is 1. The van der Waals surface area contributed by atoms with Crippen LogP contribution in [0.4, 0.5) is 17.5 Å². The third kappa shape index (κ3) is 3.33. The van der Waals surface area contributed by atoms with E-state index in [1.807, 2.05) is 31.6 Å². The van der Waals surface area contributed by atoms with E-state index in [1.165, 1.54) is 0 Å². The fraction of sp³-hybridized carbons (Fsp3) is 0.474. The van der Waals surface area contributed by atoms with Crippen molar-refractivity contribution < 1.29 is 4.74 Å². The second-order valence-corrected chi connectivity index (χ2v) is 7.31. The molecule has 0 radical (unpaired) electrons. The minimum Gasteiger partial charge on any atom is -0.377 e. The number of rotatable bonds is 4. The third-order valence-electron chi connectivity index (χ3n) is 5.13. The zero-order valence-electron chi connectivity index (χ0n) is 16.9. The van der Waals surface area contributed by atoms with Crippen LogP contribution in [0.3, 0.4) is 0 Å². The van der Waals surface area contributed by atoms with Crippen LogP contribution in [0, 0.1) is 20.8 Å². The molecule has 148 valence electrons. The number of aryl methyl sites for hydroxylation is 3. The molecule has 28 heavy (non-hydrogen) atoms. The predicted molar refractivity (Wildman–Crippen MR) is 108 cm³/mol. The first-order chi connectivity index (χ1) is 13.4. The first-order valence-electron chi connectivity index (χ1n) is 9.45. The first kappa shape index (κ1) is 18.4. The second kappa shape index (κ2) is 7.23. The van der Waals surface area contributed by atoms with Gasteiger partial charge in [0.25, 0.3) is 0 Å². The van der Waals surface area contributed by atoms with Crippen LogP contribution < -0.4 is 10.2 Å². The maximum atomic E-state index is 5.60. The van der Waals surface area contributed by atoms with Crippen LogP contribution in [0.1, 0.15) is 23.9 Å². The number of aromatic nitrogens is 6. The van der Waals surface area contributed by atoms with Crippen molar-refractivity contribution in [3.8, 4) is 11.3 Å². The Balaban J connectivity index is 1.84. The minimum atomic E-state index is 0.254. The van der Waals surface area contributed by atoms with Crippen LogP contribution in [-0.2, 0) is 11.8 Å². The molecular formula is C19H26N8O. The van der Waals surface area contributed by atoms with E-state index >= 15 is 0 Å². The molecule has 4 rings (SSSR count). The Hall–Kier alpha value is -2.94. The lowest BCUT2D eigenvalue weighted by atomic mass is 10.0. The van der Waals surface area contributed by atoms with Gasteiger partial charge < -0.3 is 15.0 Å². The lowest BCUT2D eigenvalue weighted by Crippen LogP contribution is -2.44. The van der Waals surface area contributed by atoms with Gasteiger partial charge in [-0.3, -0.25) is 5.10 Å². The number of hydrogen-bond donors (Lipinski definition) is 2. The molecule has 1 atom stereocenters. The molecule has 9 heteroatoms. The van der Waals surface area contributed by atoms with Gasteiger partial charge >= 0.3 is 0 Å². The first-order valence-corrected chi connectivity index (χ1v) is 9.45. The quantitative estimate of drug-likeness (QED) is 0.715. The van der Waals surface area contributed by atoms with Crippen molar-refractivity contribution in [1.29, 1.82) is 0 Å². The van der Waals surface area contributed by atoms with Gasteiger partial charge in [-0.05, 0) is 33.8 Å². The molecule has 3 aromatic heterocycles. The molecule has 1 saturated heterocycles. The Kier molecular flexibility index (Phi) is 4.76. The average molecular weight is 382 g/mol. The summed E-state index contributed by atoms with van der Waals surface area (Å²) in [5.74, 6) is 2.51. The summed E-state index contributed by atoms with van der Waals surface area (Å²) in [6, 6.07) is 4.35. The third-order valence-corrected chi connectivity index (χ3v) is 5.13. The number of nitrogens with one attached hydrogen (secondary N) is 2. The van der Waals surface area contributed by atoms with Crippen LogP contribution in [-0.4, -0.2) is 56.0 Å². The monoisotopic (exact) mass is 382 g/mol. The van der Waals surface area contributed by atoms with Gasteiger partial charge in [-0.15, -0.1) is 5.10 Å². The highest BCUT2D eigenvalue weighted by molar-refractivity contribution is 5.76. The van der Waals surface area contributed by atoms with E-state index in [0.29, 0.717) is 13.2 Å². The molecule has 0 unspecified atom stereocenters. The molecule has 2 N–H and O–H groups in total. The minimum absolute atomic E-state index is 0.254. The topological polar surface area (TPSA) is 96.8 Å². The van der Waals surface area contributed by atoms with Crippen LogP contribution in [0.15, 0.2) is 12.1 Å². The maximum Gasteiger partial charge on any atom is 0.137 e. The molecule has 1 aliphatic heterocycles. The summed E-state index contributed by atoms with van der Waals surface area (Å²) in [7, 11) is 1.91. The largest absolute Gasteiger partial charge is 0.377 e. The molecular weight excluding hydrogens is 356 g/mol. The van der Waals surface area contributed by atoms with Gasteiger partial charge in [0.2, 0.25) is 0 Å². The van der Waals surface area contributed by atoms with E-state index in [0.717, 1.165) is 52.2 Å². The number of anilines is 3. The normalized spacial score (nSPS) is 17.2. The lowest BCUT2D eigenvalue weighted by molar-refractivity contribution is 0.0985. The molecule has 4 heterocycles. The Morgan fingerprint density at radius 2 is 2.07 bits per heavy atom. The standard InChI is InChI=1S/C19H26N8O/c1-11-8-16(24-22-11)20-19-13(3)15(18-14(4)23-25-26(18)5)9-17(21-19)27-6-7-28-10-12(27)2/h8-9,12H,6-7,10H2,1-5H3,(H2,20,21,22,24)/t12-/m1/s1. The summed E-state index contributed by atoms with van der Waals surface area (Å²) in [5.41, 5.74) is 4.90. The van der Waals surface area contributed by atoms with Crippen LogP contribution in [0.2, 0.25) is 0 Å². The summed E-state index contributed by atoms with van der Waals surface area (Å²) in [4.78, 5) is 7.23. The van der Waals surface area contributed by atoms with Crippen molar-refractivity contribution in [3.05, 3.63) is 29.1 Å². The van der Waals surface area contributed by atoms with Crippen molar-refractivity contribution in [2.45, 2.75) is 33.7 Å². The Bertz CT molecular complexity index is 972. The number of nitrogens with zero attached hydrogens (tertiary/aromatic N) is 6. The summed E-state index contributed by atoms with van der Waals surface area (Å²) >= 11 is 0. The molecule has 3 aromatic rings. The van der Waals surface area contributed by atoms with Crippen LogP contribution >= 0.6 is 0 Å². The number of aromatic amines is 1. The van der Waals surface area contributed by atoms with Gasteiger partial charge in [0, 0.05) is 30.8 Å². The predicted octanol–water partition coefficient (Wildman–Crippen LogP) is 2.49.